The molecule has 0 aliphatic carbocycles. The third kappa shape index (κ3) is 3.71. The van der Waals surface area contributed by atoms with E-state index in [0.717, 1.165) is 76.7 Å². The summed E-state index contributed by atoms with van der Waals surface area (Å²) in [6, 6.07) is 55.7. The molecule has 0 radical (unpaired) electrons. The lowest BCUT2D eigenvalue weighted by Gasteiger charge is -2.16. The Hall–Kier alpha value is -6.76. The van der Waals surface area contributed by atoms with E-state index < -0.39 is 0 Å². The fourth-order valence-corrected chi connectivity index (χ4v) is 9.51. The van der Waals surface area contributed by atoms with Crippen molar-refractivity contribution in [2.75, 3.05) is 0 Å². The van der Waals surface area contributed by atoms with Gasteiger partial charge in [-0.3, -0.25) is 4.57 Å². The van der Waals surface area contributed by atoms with Crippen molar-refractivity contribution in [3.8, 4) is 22.9 Å². The van der Waals surface area contributed by atoms with Crippen molar-refractivity contribution >= 4 is 97.2 Å². The highest BCUT2D eigenvalue weighted by Crippen LogP contribution is 2.45. The molecule has 0 atom stereocenters. The lowest BCUT2D eigenvalue weighted by molar-refractivity contribution is 0.669. The van der Waals surface area contributed by atoms with Crippen molar-refractivity contribution in [3.63, 3.8) is 0 Å². The minimum absolute atomic E-state index is 0.655. The molecule has 0 saturated heterocycles. The third-order valence-electron chi connectivity index (χ3n) is 10.6. The Bertz CT molecular complexity index is 3330. The molecule has 0 saturated carbocycles. The predicted molar refractivity (Wildman–Crippen MR) is 216 cm³/mol. The normalized spacial score (nSPS) is 12.2. The summed E-state index contributed by atoms with van der Waals surface area (Å²) in [7, 11) is 0. The lowest BCUT2D eigenvalue weighted by atomic mass is 10.0. The molecule has 0 spiro atoms. The molecule has 52 heavy (non-hydrogen) atoms. The van der Waals surface area contributed by atoms with Gasteiger partial charge in [0.2, 0.25) is 0 Å². The first-order valence-electron chi connectivity index (χ1n) is 17.4. The molecule has 12 rings (SSSR count). The molecule has 5 nitrogen and oxygen atoms in total. The second kappa shape index (κ2) is 10.4. The molecule has 0 aliphatic heterocycles. The standard InChI is InChI=1S/C46H26N4OS/c1-7-19-33-27(13-1)28-14-2-8-20-34(28)49(33)37-25-26-39-41(31-17-5-11-23-38(31)51-39)42(37)45-47-43-32-18-6-12-24-40(32)52-44(43)46(48-45)50-35-21-9-3-15-29(35)30-16-4-10-22-36(30)50/h1-26H. The van der Waals surface area contributed by atoms with Gasteiger partial charge in [-0.05, 0) is 48.5 Å². The van der Waals surface area contributed by atoms with E-state index >= 15 is 0 Å². The summed E-state index contributed by atoms with van der Waals surface area (Å²) in [5.41, 5.74) is 9.00. The van der Waals surface area contributed by atoms with Gasteiger partial charge in [-0.2, -0.15) is 0 Å². The van der Waals surface area contributed by atoms with Gasteiger partial charge in [0.05, 0.1) is 43.5 Å². The van der Waals surface area contributed by atoms with Crippen LogP contribution in [0.25, 0.3) is 109 Å². The molecule has 0 bridgehead atoms. The molecule has 5 aromatic heterocycles. The van der Waals surface area contributed by atoms with Crippen LogP contribution in [-0.4, -0.2) is 19.1 Å². The molecule has 0 N–H and O–H groups in total. The van der Waals surface area contributed by atoms with Crippen molar-refractivity contribution < 1.29 is 4.42 Å². The number of furan rings is 1. The molecule has 12 aromatic rings. The summed E-state index contributed by atoms with van der Waals surface area (Å²) in [6.07, 6.45) is 0. The van der Waals surface area contributed by atoms with E-state index in [9.17, 15) is 0 Å². The average Bonchev–Trinajstić information content (AvgIpc) is 3.95. The molecule has 0 amide bonds. The van der Waals surface area contributed by atoms with Crippen LogP contribution in [-0.2, 0) is 0 Å². The minimum atomic E-state index is 0.655. The summed E-state index contributed by atoms with van der Waals surface area (Å²) in [6.45, 7) is 0. The molecule has 6 heteroatoms. The number of thiophene rings is 1. The molecule has 0 fully saturated rings. The van der Waals surface area contributed by atoms with Crippen LogP contribution in [0.15, 0.2) is 162 Å². The number of hydrogen-bond donors (Lipinski definition) is 0. The van der Waals surface area contributed by atoms with E-state index in [0.29, 0.717) is 5.82 Å². The van der Waals surface area contributed by atoms with Gasteiger partial charge in [0.1, 0.15) is 11.2 Å². The van der Waals surface area contributed by atoms with E-state index in [-0.39, 0.29) is 0 Å². The molecule has 7 aromatic carbocycles. The van der Waals surface area contributed by atoms with Crippen LogP contribution in [0, 0.1) is 0 Å². The zero-order chi connectivity index (χ0) is 33.9. The lowest BCUT2D eigenvalue weighted by Crippen LogP contribution is -2.04. The smallest absolute Gasteiger partial charge is 0.165 e. The molecule has 0 unspecified atom stereocenters. The highest BCUT2D eigenvalue weighted by molar-refractivity contribution is 7.26. The van der Waals surface area contributed by atoms with Gasteiger partial charge in [0.25, 0.3) is 0 Å². The van der Waals surface area contributed by atoms with Crippen LogP contribution in [0.1, 0.15) is 0 Å². The Balaban J connectivity index is 1.30. The topological polar surface area (TPSA) is 48.8 Å². The quantitative estimate of drug-likeness (QED) is 0.186. The van der Waals surface area contributed by atoms with Gasteiger partial charge in [0, 0.05) is 42.4 Å². The van der Waals surface area contributed by atoms with Crippen molar-refractivity contribution in [2.45, 2.75) is 0 Å². The summed E-state index contributed by atoms with van der Waals surface area (Å²) < 4.78 is 13.5. The van der Waals surface area contributed by atoms with E-state index in [1.165, 1.54) is 26.2 Å². The number of benzene rings is 7. The zero-order valence-electron chi connectivity index (χ0n) is 27.6. The van der Waals surface area contributed by atoms with E-state index in [4.69, 9.17) is 14.4 Å². The SMILES string of the molecule is c1ccc2c(c1)oc1ccc(-n3c4ccccc4c4ccccc43)c(-c3nc(-n4c5ccccc5c5ccccc54)c4sc5ccccc5c4n3)c12. The van der Waals surface area contributed by atoms with Crippen LogP contribution < -0.4 is 0 Å². The number of rotatable bonds is 3. The number of nitrogens with zero attached hydrogens (tertiary/aromatic N) is 4. The number of hydrogen-bond acceptors (Lipinski definition) is 4. The number of aromatic nitrogens is 4. The fraction of sp³-hybridized carbons (Fsp3) is 0. The van der Waals surface area contributed by atoms with Gasteiger partial charge >= 0.3 is 0 Å². The van der Waals surface area contributed by atoms with E-state index in [1.54, 1.807) is 11.3 Å². The summed E-state index contributed by atoms with van der Waals surface area (Å²) in [5, 5.41) is 7.95. The second-order valence-corrected chi connectivity index (χ2v) is 14.4. The Morgan fingerprint density at radius 2 is 0.962 bits per heavy atom. The Kier molecular flexibility index (Phi) is 5.59. The van der Waals surface area contributed by atoms with Gasteiger partial charge in [-0.25, -0.2) is 9.97 Å². The summed E-state index contributed by atoms with van der Waals surface area (Å²) >= 11 is 1.75. The highest BCUT2D eigenvalue weighted by Gasteiger charge is 2.26. The molecular weight excluding hydrogens is 657 g/mol. The first kappa shape index (κ1) is 28.0. The maximum Gasteiger partial charge on any atom is 0.165 e. The van der Waals surface area contributed by atoms with Gasteiger partial charge in [-0.1, -0.05) is 109 Å². The third-order valence-corrected chi connectivity index (χ3v) is 11.7. The fourth-order valence-electron chi connectivity index (χ4n) is 8.39. The van der Waals surface area contributed by atoms with Crippen LogP contribution in [0.2, 0.25) is 0 Å². The van der Waals surface area contributed by atoms with Gasteiger partial charge < -0.3 is 8.98 Å². The Morgan fingerprint density at radius 1 is 0.442 bits per heavy atom. The zero-order valence-corrected chi connectivity index (χ0v) is 28.4. The van der Waals surface area contributed by atoms with Gasteiger partial charge in [-0.15, -0.1) is 11.3 Å². The minimum Gasteiger partial charge on any atom is -0.456 e. The van der Waals surface area contributed by atoms with Crippen LogP contribution in [0.3, 0.4) is 0 Å². The van der Waals surface area contributed by atoms with E-state index in [1.807, 2.05) is 12.1 Å². The molecule has 5 heterocycles. The van der Waals surface area contributed by atoms with Crippen LogP contribution in [0.5, 0.6) is 0 Å². The Morgan fingerprint density at radius 3 is 1.60 bits per heavy atom. The average molecular weight is 683 g/mol. The summed E-state index contributed by atoms with van der Waals surface area (Å²) in [5.74, 6) is 1.53. The van der Waals surface area contributed by atoms with Crippen molar-refractivity contribution in [1.29, 1.82) is 0 Å². The number of fused-ring (bicyclic) bond motifs is 12. The highest BCUT2D eigenvalue weighted by atomic mass is 32.1. The monoisotopic (exact) mass is 682 g/mol. The Labute approximate surface area is 300 Å². The first-order valence-corrected chi connectivity index (χ1v) is 18.2. The van der Waals surface area contributed by atoms with Gasteiger partial charge in [0.15, 0.2) is 11.6 Å². The number of para-hydroxylation sites is 5. The van der Waals surface area contributed by atoms with Crippen molar-refractivity contribution in [2.24, 2.45) is 0 Å². The maximum absolute atomic E-state index is 6.55. The maximum atomic E-state index is 6.55. The molecule has 0 aliphatic rings. The van der Waals surface area contributed by atoms with Crippen LogP contribution >= 0.6 is 11.3 Å². The second-order valence-electron chi connectivity index (χ2n) is 13.3. The molecule has 242 valence electrons. The van der Waals surface area contributed by atoms with Crippen molar-refractivity contribution in [3.05, 3.63) is 158 Å². The van der Waals surface area contributed by atoms with E-state index in [2.05, 4.69) is 155 Å². The summed E-state index contributed by atoms with van der Waals surface area (Å²) in [4.78, 5) is 11.2. The molecular formula is C46H26N4OS. The van der Waals surface area contributed by atoms with Crippen molar-refractivity contribution in [1.82, 2.24) is 19.1 Å². The van der Waals surface area contributed by atoms with Crippen LogP contribution in [0.4, 0.5) is 0 Å². The first-order chi connectivity index (χ1) is 25.8. The predicted octanol–water partition coefficient (Wildman–Crippen LogP) is 12.6. The largest absolute Gasteiger partial charge is 0.456 e.